The van der Waals surface area contributed by atoms with Gasteiger partial charge in [-0.1, -0.05) is 18.7 Å². The Morgan fingerprint density at radius 2 is 1.84 bits per heavy atom. The normalized spacial score (nSPS) is 11.4. The molecule has 6 rings (SSSR count). The first-order valence-corrected chi connectivity index (χ1v) is 11.1. The van der Waals surface area contributed by atoms with Crippen molar-refractivity contribution in [3.63, 3.8) is 0 Å². The van der Waals surface area contributed by atoms with Crippen molar-refractivity contribution in [2.45, 2.75) is 6.92 Å². The Labute approximate surface area is 188 Å². The zero-order valence-corrected chi connectivity index (χ0v) is 18.2. The van der Waals surface area contributed by atoms with Crippen LogP contribution >= 0.6 is 11.3 Å². The van der Waals surface area contributed by atoms with Gasteiger partial charge in [0.2, 0.25) is 0 Å². The highest BCUT2D eigenvalue weighted by Gasteiger charge is 2.15. The van der Waals surface area contributed by atoms with Crippen LogP contribution in [0, 0.1) is 0 Å². The van der Waals surface area contributed by atoms with Crippen molar-refractivity contribution in [2.75, 3.05) is 0 Å². The molecule has 2 N–H and O–H groups in total. The van der Waals surface area contributed by atoms with Crippen LogP contribution in [0.3, 0.4) is 0 Å². The fourth-order valence-corrected chi connectivity index (χ4v) is 4.98. The molecule has 0 amide bonds. The van der Waals surface area contributed by atoms with E-state index in [1.807, 2.05) is 31.6 Å². The Bertz CT molecular complexity index is 1600. The third-order valence-corrected chi connectivity index (χ3v) is 6.93. The Balaban J connectivity index is 1.49. The number of fused-ring (bicyclic) bond motifs is 2. The van der Waals surface area contributed by atoms with E-state index in [1.165, 1.54) is 9.75 Å². The molecule has 0 aliphatic rings. The highest BCUT2D eigenvalue weighted by molar-refractivity contribution is 7.16. The van der Waals surface area contributed by atoms with Gasteiger partial charge in [-0.2, -0.15) is 5.10 Å². The van der Waals surface area contributed by atoms with Crippen LogP contribution in [0.2, 0.25) is 0 Å². The van der Waals surface area contributed by atoms with Gasteiger partial charge in [0.25, 0.3) is 0 Å². The van der Waals surface area contributed by atoms with Crippen LogP contribution in [0.15, 0.2) is 79.9 Å². The second-order valence-corrected chi connectivity index (χ2v) is 8.93. The summed E-state index contributed by atoms with van der Waals surface area (Å²) in [6.45, 7) is 6.10. The lowest BCUT2D eigenvalue weighted by Gasteiger charge is -2.01. The zero-order valence-electron chi connectivity index (χ0n) is 17.4. The van der Waals surface area contributed by atoms with Crippen molar-refractivity contribution < 1.29 is 0 Å². The van der Waals surface area contributed by atoms with E-state index in [1.54, 1.807) is 17.5 Å². The van der Waals surface area contributed by atoms with Gasteiger partial charge in [0.15, 0.2) is 0 Å². The molecule has 6 heteroatoms. The van der Waals surface area contributed by atoms with Crippen LogP contribution in [0.1, 0.15) is 11.8 Å². The minimum atomic E-state index is 0.890. The number of nitrogens with one attached hydrogen (secondary N) is 2. The topological polar surface area (TPSA) is 70.2 Å². The van der Waals surface area contributed by atoms with Crippen molar-refractivity contribution in [1.29, 1.82) is 0 Å². The van der Waals surface area contributed by atoms with E-state index in [-0.39, 0.29) is 0 Å². The van der Waals surface area contributed by atoms with Gasteiger partial charge in [0.1, 0.15) is 5.69 Å². The number of rotatable bonds is 4. The summed E-state index contributed by atoms with van der Waals surface area (Å²) < 4.78 is 0. The maximum absolute atomic E-state index is 4.62. The summed E-state index contributed by atoms with van der Waals surface area (Å²) in [5.41, 5.74) is 8.20. The van der Waals surface area contributed by atoms with Gasteiger partial charge in [-0.25, -0.2) is 0 Å². The van der Waals surface area contributed by atoms with Gasteiger partial charge in [-0.05, 0) is 54.5 Å². The van der Waals surface area contributed by atoms with Gasteiger partial charge in [0.05, 0.1) is 22.9 Å². The summed E-state index contributed by atoms with van der Waals surface area (Å²) in [6, 6.07) is 16.8. The molecule has 0 aliphatic carbocycles. The van der Waals surface area contributed by atoms with Gasteiger partial charge in [0, 0.05) is 50.2 Å². The summed E-state index contributed by atoms with van der Waals surface area (Å²) in [4.78, 5) is 14.6. The number of allylic oxidation sites excluding steroid dienone is 1. The number of benzene rings is 1. The van der Waals surface area contributed by atoms with Gasteiger partial charge < -0.3 is 4.98 Å². The predicted molar refractivity (Wildman–Crippen MR) is 132 cm³/mol. The van der Waals surface area contributed by atoms with E-state index in [0.717, 1.165) is 55.5 Å². The smallest absolute Gasteiger partial charge is 0.116 e. The summed E-state index contributed by atoms with van der Waals surface area (Å²) >= 11 is 1.74. The van der Waals surface area contributed by atoms with Crippen molar-refractivity contribution in [2.24, 2.45) is 0 Å². The average Bonchev–Trinajstić information content (AvgIpc) is 3.56. The number of H-pyrrole nitrogens is 2. The van der Waals surface area contributed by atoms with Crippen LogP contribution in [0.4, 0.5) is 0 Å². The largest absolute Gasteiger partial charge is 0.352 e. The highest BCUT2D eigenvalue weighted by atomic mass is 32.1. The number of nitrogens with zero attached hydrogens (tertiary/aromatic N) is 3. The fourth-order valence-electron chi connectivity index (χ4n) is 4.02. The molecule has 0 saturated carbocycles. The van der Waals surface area contributed by atoms with Crippen molar-refractivity contribution in [3.05, 3.63) is 84.8 Å². The highest BCUT2D eigenvalue weighted by Crippen LogP contribution is 2.37. The molecule has 32 heavy (non-hydrogen) atoms. The van der Waals surface area contributed by atoms with Crippen molar-refractivity contribution >= 4 is 38.7 Å². The molecule has 1 aromatic carbocycles. The third-order valence-electron chi connectivity index (χ3n) is 5.65. The lowest BCUT2D eigenvalue weighted by molar-refractivity contribution is 1.12. The van der Waals surface area contributed by atoms with Crippen LogP contribution in [-0.2, 0) is 0 Å². The SMILES string of the molecule is C=C(C)c1ccc(-c2cncc3[nH]c(-c4n[nH]c5ccc(-c6cccnc6)cc45)cc23)s1. The molecule has 0 spiro atoms. The zero-order chi connectivity index (χ0) is 21.7. The average molecular weight is 434 g/mol. The van der Waals surface area contributed by atoms with Crippen LogP contribution < -0.4 is 0 Å². The first-order chi connectivity index (χ1) is 15.7. The Morgan fingerprint density at radius 1 is 0.906 bits per heavy atom. The van der Waals surface area contributed by atoms with E-state index in [9.17, 15) is 0 Å². The number of aromatic amines is 2. The van der Waals surface area contributed by atoms with E-state index in [2.05, 4.69) is 74.2 Å². The molecule has 0 unspecified atom stereocenters. The maximum Gasteiger partial charge on any atom is 0.116 e. The Hall–Kier alpha value is -4.03. The van der Waals surface area contributed by atoms with Crippen LogP contribution in [0.5, 0.6) is 0 Å². The number of hydrogen-bond acceptors (Lipinski definition) is 4. The molecule has 5 nitrogen and oxygen atoms in total. The summed E-state index contributed by atoms with van der Waals surface area (Å²) in [5, 5.41) is 9.98. The first kappa shape index (κ1) is 18.7. The quantitative estimate of drug-likeness (QED) is 0.317. The molecule has 0 radical (unpaired) electrons. The second-order valence-electron chi connectivity index (χ2n) is 7.85. The molecule has 5 heterocycles. The molecule has 5 aromatic heterocycles. The minimum absolute atomic E-state index is 0.890. The molecular formula is C26H19N5S. The number of aromatic nitrogens is 5. The summed E-state index contributed by atoms with van der Waals surface area (Å²) in [6.07, 6.45) is 7.46. The van der Waals surface area contributed by atoms with Crippen molar-refractivity contribution in [3.8, 4) is 33.0 Å². The number of hydrogen-bond donors (Lipinski definition) is 2. The van der Waals surface area contributed by atoms with E-state index < -0.39 is 0 Å². The fraction of sp³-hybridized carbons (Fsp3) is 0.0385. The molecule has 0 bridgehead atoms. The van der Waals surface area contributed by atoms with Crippen LogP contribution in [-0.4, -0.2) is 25.1 Å². The lowest BCUT2D eigenvalue weighted by atomic mass is 10.0. The van der Waals surface area contributed by atoms with Gasteiger partial charge >= 0.3 is 0 Å². The molecule has 0 saturated heterocycles. The lowest BCUT2D eigenvalue weighted by Crippen LogP contribution is -1.81. The monoisotopic (exact) mass is 433 g/mol. The van der Waals surface area contributed by atoms with Crippen LogP contribution in [0.25, 0.3) is 60.3 Å². The molecule has 6 aromatic rings. The first-order valence-electron chi connectivity index (χ1n) is 10.3. The molecule has 0 atom stereocenters. The number of pyridine rings is 2. The molecule has 0 fully saturated rings. The summed E-state index contributed by atoms with van der Waals surface area (Å²) in [7, 11) is 0. The molecule has 0 aliphatic heterocycles. The molecular weight excluding hydrogens is 414 g/mol. The summed E-state index contributed by atoms with van der Waals surface area (Å²) in [5.74, 6) is 0. The van der Waals surface area contributed by atoms with Gasteiger partial charge in [-0.3, -0.25) is 15.1 Å². The molecule has 154 valence electrons. The van der Waals surface area contributed by atoms with Gasteiger partial charge in [-0.15, -0.1) is 11.3 Å². The minimum Gasteiger partial charge on any atom is -0.352 e. The third kappa shape index (κ3) is 3.04. The Kier molecular flexibility index (Phi) is 4.26. The van der Waals surface area contributed by atoms with E-state index in [4.69, 9.17) is 0 Å². The standard InChI is InChI=1S/C26H19N5S/c1-15(2)24-7-8-25(32-24)20-13-28-14-23-18(20)11-22(29-23)26-19-10-16(5-6-21(19)30-31-26)17-4-3-9-27-12-17/h3-14,29H,1H2,2H3,(H,30,31). The maximum atomic E-state index is 4.62. The van der Waals surface area contributed by atoms with Crippen molar-refractivity contribution in [1.82, 2.24) is 25.1 Å². The second kappa shape index (κ2) is 7.28. The Morgan fingerprint density at radius 3 is 2.66 bits per heavy atom. The van der Waals surface area contributed by atoms with E-state index in [0.29, 0.717) is 0 Å². The van der Waals surface area contributed by atoms with E-state index >= 15 is 0 Å². The number of thiophene rings is 1. The predicted octanol–water partition coefficient (Wildman–Crippen LogP) is 6.93.